The van der Waals surface area contributed by atoms with E-state index >= 15 is 0 Å². The van der Waals surface area contributed by atoms with Gasteiger partial charge in [-0.3, -0.25) is 4.90 Å². The first-order valence-corrected chi connectivity index (χ1v) is 9.06. The molecule has 0 aromatic heterocycles. The number of hydrogen-bond acceptors (Lipinski definition) is 3. The Balaban J connectivity index is 1.55. The largest absolute Gasteiger partial charge is 0.497 e. The van der Waals surface area contributed by atoms with Gasteiger partial charge in [-0.2, -0.15) is 0 Å². The number of benzene rings is 1. The minimum absolute atomic E-state index is 0.110. The summed E-state index contributed by atoms with van der Waals surface area (Å²) in [4.78, 5) is 15.0. The first kappa shape index (κ1) is 17.1. The number of urea groups is 1. The Morgan fingerprint density at radius 2 is 1.79 bits per heavy atom. The van der Waals surface area contributed by atoms with E-state index in [4.69, 9.17) is 4.74 Å². The van der Waals surface area contributed by atoms with E-state index in [9.17, 15) is 4.79 Å². The van der Waals surface area contributed by atoms with Gasteiger partial charge in [0, 0.05) is 29.9 Å². The molecule has 2 saturated heterocycles. The van der Waals surface area contributed by atoms with Crippen molar-refractivity contribution in [3.8, 4) is 5.75 Å². The van der Waals surface area contributed by atoms with Gasteiger partial charge in [-0.1, -0.05) is 6.42 Å². The van der Waals surface area contributed by atoms with Gasteiger partial charge in [0.2, 0.25) is 0 Å². The number of rotatable bonds is 4. The molecule has 0 radical (unpaired) electrons. The van der Waals surface area contributed by atoms with Crippen molar-refractivity contribution in [3.05, 3.63) is 24.3 Å². The number of nitrogens with zero attached hydrogens (tertiary/aromatic N) is 1. The van der Waals surface area contributed by atoms with Crippen molar-refractivity contribution < 1.29 is 9.53 Å². The smallest absolute Gasteiger partial charge is 0.319 e. The molecule has 2 aliphatic rings. The molecule has 2 fully saturated rings. The minimum Gasteiger partial charge on any atom is -0.497 e. The van der Waals surface area contributed by atoms with E-state index in [0.717, 1.165) is 24.3 Å². The van der Waals surface area contributed by atoms with Gasteiger partial charge < -0.3 is 15.4 Å². The zero-order valence-electron chi connectivity index (χ0n) is 14.9. The molecule has 2 heterocycles. The van der Waals surface area contributed by atoms with Gasteiger partial charge in [0.25, 0.3) is 0 Å². The number of carbonyl (C=O) groups excluding carboxylic acids is 1. The molecule has 5 nitrogen and oxygen atoms in total. The molecule has 3 rings (SSSR count). The number of fused-ring (bicyclic) bond motifs is 2. The number of nitrogens with one attached hydrogen (secondary N) is 2. The Bertz CT molecular complexity index is 544. The third-order valence-electron chi connectivity index (χ3n) is 5.31. The van der Waals surface area contributed by atoms with Crippen LogP contribution < -0.4 is 15.4 Å². The zero-order chi connectivity index (χ0) is 17.1. The summed E-state index contributed by atoms with van der Waals surface area (Å²) in [6.07, 6.45) is 5.96. The van der Waals surface area contributed by atoms with Gasteiger partial charge in [-0.05, 0) is 63.8 Å². The van der Waals surface area contributed by atoms with E-state index in [1.165, 1.54) is 19.3 Å². The zero-order valence-corrected chi connectivity index (χ0v) is 14.9. The molecule has 1 aromatic rings. The number of anilines is 1. The number of methoxy groups -OCH3 is 1. The highest BCUT2D eigenvalue weighted by atomic mass is 16.5. The summed E-state index contributed by atoms with van der Waals surface area (Å²) in [5.74, 6) is 0.787. The summed E-state index contributed by atoms with van der Waals surface area (Å²) < 4.78 is 5.13. The third kappa shape index (κ3) is 3.83. The van der Waals surface area contributed by atoms with E-state index in [-0.39, 0.29) is 12.1 Å². The molecular formula is C19H29N3O2. The second-order valence-corrected chi connectivity index (χ2v) is 7.27. The standard InChI is InChI=1S/C19H29N3O2/c1-13(2)22-16-5-4-6-17(22)12-15(11-16)21-19(23)20-14-7-9-18(24-3)10-8-14/h7-10,13,15-17H,4-6,11-12H2,1-3H3,(H2,20,21,23). The molecule has 2 amide bonds. The highest BCUT2D eigenvalue weighted by molar-refractivity contribution is 5.89. The van der Waals surface area contributed by atoms with E-state index in [1.807, 2.05) is 24.3 Å². The van der Waals surface area contributed by atoms with E-state index in [1.54, 1.807) is 7.11 Å². The third-order valence-corrected chi connectivity index (χ3v) is 5.31. The summed E-state index contributed by atoms with van der Waals surface area (Å²) >= 11 is 0. The summed E-state index contributed by atoms with van der Waals surface area (Å²) in [6, 6.07) is 9.39. The van der Waals surface area contributed by atoms with E-state index in [2.05, 4.69) is 29.4 Å². The van der Waals surface area contributed by atoms with Gasteiger partial charge in [-0.25, -0.2) is 4.79 Å². The normalized spacial score (nSPS) is 26.9. The molecule has 0 spiro atoms. The fraction of sp³-hybridized carbons (Fsp3) is 0.632. The van der Waals surface area contributed by atoms with Crippen molar-refractivity contribution in [3.63, 3.8) is 0 Å². The van der Waals surface area contributed by atoms with Crippen LogP contribution in [0.5, 0.6) is 5.75 Å². The van der Waals surface area contributed by atoms with Crippen LogP contribution in [0.1, 0.15) is 46.0 Å². The maximum Gasteiger partial charge on any atom is 0.319 e. The van der Waals surface area contributed by atoms with Gasteiger partial charge in [0.1, 0.15) is 5.75 Å². The lowest BCUT2D eigenvalue weighted by Gasteiger charge is -2.51. The lowest BCUT2D eigenvalue weighted by molar-refractivity contribution is 0.00233. The minimum atomic E-state index is -0.110. The molecule has 24 heavy (non-hydrogen) atoms. The van der Waals surface area contributed by atoms with Gasteiger partial charge in [-0.15, -0.1) is 0 Å². The topological polar surface area (TPSA) is 53.6 Å². The summed E-state index contributed by atoms with van der Waals surface area (Å²) in [5.41, 5.74) is 0.785. The quantitative estimate of drug-likeness (QED) is 0.886. The van der Waals surface area contributed by atoms with Crippen molar-refractivity contribution in [2.45, 2.75) is 70.1 Å². The van der Waals surface area contributed by atoms with Crippen molar-refractivity contribution in [1.29, 1.82) is 0 Å². The predicted molar refractivity (Wildman–Crippen MR) is 96.6 cm³/mol. The van der Waals surface area contributed by atoms with Crippen molar-refractivity contribution in [1.82, 2.24) is 10.2 Å². The molecule has 1 aromatic carbocycles. The molecule has 2 atom stereocenters. The molecule has 2 bridgehead atoms. The number of amides is 2. The highest BCUT2D eigenvalue weighted by Crippen LogP contribution is 2.35. The molecule has 0 saturated carbocycles. The summed E-state index contributed by atoms with van der Waals surface area (Å²) in [5, 5.41) is 6.10. The maximum atomic E-state index is 12.3. The van der Waals surface area contributed by atoms with Crippen LogP contribution in [0.2, 0.25) is 0 Å². The van der Waals surface area contributed by atoms with E-state index in [0.29, 0.717) is 18.1 Å². The van der Waals surface area contributed by atoms with Crippen molar-refractivity contribution in [2.75, 3.05) is 12.4 Å². The molecule has 2 unspecified atom stereocenters. The van der Waals surface area contributed by atoms with Crippen molar-refractivity contribution in [2.24, 2.45) is 0 Å². The Morgan fingerprint density at radius 1 is 1.17 bits per heavy atom. The van der Waals surface area contributed by atoms with E-state index < -0.39 is 0 Å². The molecular weight excluding hydrogens is 302 g/mol. The Labute approximate surface area is 144 Å². The van der Waals surface area contributed by atoms with Crippen LogP contribution in [0.15, 0.2) is 24.3 Å². The predicted octanol–water partition coefficient (Wildman–Crippen LogP) is 3.61. The number of ether oxygens (including phenoxy) is 1. The second-order valence-electron chi connectivity index (χ2n) is 7.27. The van der Waals surface area contributed by atoms with Gasteiger partial charge in [0.05, 0.1) is 7.11 Å². The van der Waals surface area contributed by atoms with Crippen LogP contribution in [0.4, 0.5) is 10.5 Å². The molecule has 2 aliphatic heterocycles. The van der Waals surface area contributed by atoms with Crippen LogP contribution in [-0.4, -0.2) is 42.2 Å². The average molecular weight is 331 g/mol. The first-order valence-electron chi connectivity index (χ1n) is 9.06. The second kappa shape index (κ2) is 7.43. The van der Waals surface area contributed by atoms with Crippen LogP contribution in [-0.2, 0) is 0 Å². The number of piperidine rings is 2. The fourth-order valence-electron chi connectivity index (χ4n) is 4.41. The lowest BCUT2D eigenvalue weighted by Crippen LogP contribution is -2.59. The summed E-state index contributed by atoms with van der Waals surface area (Å²) in [7, 11) is 1.63. The Kier molecular flexibility index (Phi) is 5.29. The Morgan fingerprint density at radius 3 is 2.33 bits per heavy atom. The molecule has 132 valence electrons. The molecule has 2 N–H and O–H groups in total. The SMILES string of the molecule is COc1ccc(NC(=O)NC2CC3CCCC(C2)N3C(C)C)cc1. The van der Waals surface area contributed by atoms with Crippen LogP contribution in [0, 0.1) is 0 Å². The first-order chi connectivity index (χ1) is 11.6. The lowest BCUT2D eigenvalue weighted by atomic mass is 9.81. The molecule has 5 heteroatoms. The monoisotopic (exact) mass is 331 g/mol. The number of hydrogen-bond donors (Lipinski definition) is 2. The van der Waals surface area contributed by atoms with Crippen molar-refractivity contribution >= 4 is 11.7 Å². The number of carbonyl (C=O) groups is 1. The average Bonchev–Trinajstić information content (AvgIpc) is 2.54. The Hall–Kier alpha value is -1.75. The maximum absolute atomic E-state index is 12.3. The molecule has 0 aliphatic carbocycles. The van der Waals surface area contributed by atoms with Crippen LogP contribution in [0.3, 0.4) is 0 Å². The van der Waals surface area contributed by atoms with Crippen LogP contribution in [0.25, 0.3) is 0 Å². The van der Waals surface area contributed by atoms with Gasteiger partial charge in [0.15, 0.2) is 0 Å². The van der Waals surface area contributed by atoms with Gasteiger partial charge >= 0.3 is 6.03 Å². The fourth-order valence-corrected chi connectivity index (χ4v) is 4.41. The van der Waals surface area contributed by atoms with Crippen LogP contribution >= 0.6 is 0 Å². The highest BCUT2D eigenvalue weighted by Gasteiger charge is 2.39. The summed E-state index contributed by atoms with van der Waals surface area (Å²) in [6.45, 7) is 4.57.